The third kappa shape index (κ3) is 3.51. The van der Waals surface area contributed by atoms with Crippen LogP contribution in [0.4, 0.5) is 8.78 Å². The normalized spacial score (nSPS) is 12.3. The number of nitrogens with one attached hydrogen (secondary N) is 1. The van der Waals surface area contributed by atoms with Crippen molar-refractivity contribution in [1.29, 1.82) is 0 Å². The quantitative estimate of drug-likeness (QED) is 0.713. The van der Waals surface area contributed by atoms with Crippen molar-refractivity contribution in [1.82, 2.24) is 14.9 Å². The lowest BCUT2D eigenvalue weighted by Crippen LogP contribution is -2.28. The molecule has 2 aromatic carbocycles. The van der Waals surface area contributed by atoms with Crippen LogP contribution in [0.15, 0.2) is 48.5 Å². The SMILES string of the molecule is CCOc1ccc(C(=O)N[C@@H](C)c2nc3ccccc3n2C(F)F)cc1. The standard InChI is InChI=1S/C19H19F2N3O2/c1-3-26-14-10-8-13(9-11-14)18(25)22-12(2)17-23-15-6-4-5-7-16(15)24(17)19(20)21/h4-12,19H,3H2,1-2H3,(H,22,25)/t12-/m0/s1. The van der Waals surface area contributed by atoms with Crippen LogP contribution in [-0.4, -0.2) is 22.1 Å². The van der Waals surface area contributed by atoms with Crippen LogP contribution in [0.3, 0.4) is 0 Å². The molecule has 3 aromatic rings. The molecule has 1 N–H and O–H groups in total. The summed E-state index contributed by atoms with van der Waals surface area (Å²) in [4.78, 5) is 16.7. The van der Waals surface area contributed by atoms with Crippen molar-refractivity contribution >= 4 is 16.9 Å². The highest BCUT2D eigenvalue weighted by molar-refractivity contribution is 5.94. The van der Waals surface area contributed by atoms with Crippen molar-refractivity contribution < 1.29 is 18.3 Å². The van der Waals surface area contributed by atoms with Crippen LogP contribution in [-0.2, 0) is 0 Å². The van der Waals surface area contributed by atoms with Crippen molar-refractivity contribution in [2.45, 2.75) is 26.4 Å². The zero-order valence-electron chi connectivity index (χ0n) is 14.4. The molecule has 0 saturated heterocycles. The van der Waals surface area contributed by atoms with Gasteiger partial charge in [0.15, 0.2) is 0 Å². The number of imidazole rings is 1. The molecule has 0 fully saturated rings. The maximum absolute atomic E-state index is 13.5. The van der Waals surface area contributed by atoms with E-state index >= 15 is 0 Å². The molecule has 7 heteroatoms. The molecule has 3 rings (SSSR count). The third-order valence-electron chi connectivity index (χ3n) is 3.98. The minimum Gasteiger partial charge on any atom is -0.494 e. The molecule has 0 spiro atoms. The summed E-state index contributed by atoms with van der Waals surface area (Å²) in [5.74, 6) is 0.408. The number of aromatic nitrogens is 2. The molecule has 0 aliphatic carbocycles. The van der Waals surface area contributed by atoms with E-state index < -0.39 is 12.6 Å². The lowest BCUT2D eigenvalue weighted by molar-refractivity contribution is 0.0688. The predicted molar refractivity (Wildman–Crippen MR) is 94.5 cm³/mol. The van der Waals surface area contributed by atoms with Crippen molar-refractivity contribution in [3.8, 4) is 5.75 Å². The van der Waals surface area contributed by atoms with Crippen LogP contribution in [0, 0.1) is 0 Å². The lowest BCUT2D eigenvalue weighted by Gasteiger charge is -2.16. The van der Waals surface area contributed by atoms with Crippen LogP contribution in [0.2, 0.25) is 0 Å². The number of ether oxygens (including phenoxy) is 1. The smallest absolute Gasteiger partial charge is 0.320 e. The summed E-state index contributed by atoms with van der Waals surface area (Å²) in [7, 11) is 0. The molecule has 1 aromatic heterocycles. The summed E-state index contributed by atoms with van der Waals surface area (Å²) in [5.41, 5.74) is 1.21. The average molecular weight is 359 g/mol. The third-order valence-corrected chi connectivity index (χ3v) is 3.98. The fraction of sp³-hybridized carbons (Fsp3) is 0.263. The topological polar surface area (TPSA) is 56.1 Å². The van der Waals surface area contributed by atoms with Gasteiger partial charge in [0.2, 0.25) is 0 Å². The summed E-state index contributed by atoms with van der Waals surface area (Å²) in [5, 5.41) is 2.72. The van der Waals surface area contributed by atoms with Crippen molar-refractivity contribution in [3.63, 3.8) is 0 Å². The van der Waals surface area contributed by atoms with E-state index in [0.717, 1.165) is 4.57 Å². The Labute approximate surface area is 149 Å². The number of carbonyl (C=O) groups is 1. The Hall–Kier alpha value is -2.96. The molecule has 1 heterocycles. The molecule has 0 bridgehead atoms. The van der Waals surface area contributed by atoms with E-state index in [4.69, 9.17) is 4.74 Å². The molecule has 5 nitrogen and oxygen atoms in total. The highest BCUT2D eigenvalue weighted by atomic mass is 19.3. The Kier molecular flexibility index (Phi) is 5.16. The summed E-state index contributed by atoms with van der Waals surface area (Å²) in [6.45, 7) is 1.29. The molecule has 0 aliphatic heterocycles. The minimum absolute atomic E-state index is 0.112. The van der Waals surface area contributed by atoms with Gasteiger partial charge >= 0.3 is 6.55 Å². The molecule has 0 unspecified atom stereocenters. The molecule has 0 aliphatic rings. The molecule has 136 valence electrons. The highest BCUT2D eigenvalue weighted by Crippen LogP contribution is 2.26. The molecule has 1 atom stereocenters. The summed E-state index contributed by atoms with van der Waals surface area (Å²) >= 11 is 0. The number of carbonyl (C=O) groups excluding carboxylic acids is 1. The molecule has 1 amide bonds. The van der Waals surface area contributed by atoms with Gasteiger partial charge < -0.3 is 10.1 Å². The van der Waals surface area contributed by atoms with E-state index in [1.165, 1.54) is 0 Å². The van der Waals surface area contributed by atoms with E-state index in [1.54, 1.807) is 55.5 Å². The number of benzene rings is 2. The average Bonchev–Trinajstić information content (AvgIpc) is 3.02. The van der Waals surface area contributed by atoms with Crippen LogP contribution in [0.5, 0.6) is 5.75 Å². The van der Waals surface area contributed by atoms with Crippen LogP contribution >= 0.6 is 0 Å². The lowest BCUT2D eigenvalue weighted by atomic mass is 10.2. The highest BCUT2D eigenvalue weighted by Gasteiger charge is 2.23. The van der Waals surface area contributed by atoms with Gasteiger partial charge in [-0.15, -0.1) is 0 Å². The number of fused-ring (bicyclic) bond motifs is 1. The van der Waals surface area contributed by atoms with Crippen LogP contribution in [0.1, 0.15) is 42.6 Å². The first-order valence-electron chi connectivity index (χ1n) is 8.30. The first-order valence-corrected chi connectivity index (χ1v) is 8.30. The first-order chi connectivity index (χ1) is 12.5. The van der Waals surface area contributed by atoms with Gasteiger partial charge in [-0.2, -0.15) is 8.78 Å². The van der Waals surface area contributed by atoms with E-state index in [-0.39, 0.29) is 11.7 Å². The molecular weight excluding hydrogens is 340 g/mol. The fourth-order valence-corrected chi connectivity index (χ4v) is 2.79. The number of hydrogen-bond acceptors (Lipinski definition) is 3. The minimum atomic E-state index is -2.75. The number of rotatable bonds is 6. The van der Waals surface area contributed by atoms with Gasteiger partial charge in [-0.3, -0.25) is 9.36 Å². The van der Waals surface area contributed by atoms with Crippen LogP contribution in [0.25, 0.3) is 11.0 Å². The van der Waals surface area contributed by atoms with Gasteiger partial charge in [-0.25, -0.2) is 4.98 Å². The molecule has 0 radical (unpaired) electrons. The van der Waals surface area contributed by atoms with E-state index in [1.807, 2.05) is 6.92 Å². The second-order valence-corrected chi connectivity index (χ2v) is 5.76. The monoisotopic (exact) mass is 359 g/mol. The van der Waals surface area contributed by atoms with Crippen molar-refractivity contribution in [2.24, 2.45) is 0 Å². The molecule has 0 saturated carbocycles. The number of alkyl halides is 2. The second-order valence-electron chi connectivity index (χ2n) is 5.76. The van der Waals surface area contributed by atoms with Crippen molar-refractivity contribution in [2.75, 3.05) is 6.61 Å². The summed E-state index contributed by atoms with van der Waals surface area (Å²) in [6.07, 6.45) is 0. The molecule has 26 heavy (non-hydrogen) atoms. The van der Waals surface area contributed by atoms with E-state index in [2.05, 4.69) is 10.3 Å². The number of hydrogen-bond donors (Lipinski definition) is 1. The Bertz CT molecular complexity index is 907. The Balaban J connectivity index is 1.83. The van der Waals surface area contributed by atoms with Gasteiger partial charge in [0.05, 0.1) is 23.7 Å². The Morgan fingerprint density at radius 1 is 1.19 bits per heavy atom. The van der Waals surface area contributed by atoms with Gasteiger partial charge in [0, 0.05) is 5.56 Å². The number of para-hydroxylation sites is 2. The Morgan fingerprint density at radius 3 is 2.54 bits per heavy atom. The van der Waals surface area contributed by atoms with E-state index in [9.17, 15) is 13.6 Å². The maximum atomic E-state index is 13.5. The number of nitrogens with zero attached hydrogens (tertiary/aromatic N) is 2. The summed E-state index contributed by atoms with van der Waals surface area (Å²) < 4.78 is 33.2. The predicted octanol–water partition coefficient (Wildman–Crippen LogP) is 4.32. The summed E-state index contributed by atoms with van der Waals surface area (Å²) in [6, 6.07) is 12.6. The van der Waals surface area contributed by atoms with Crippen LogP contribution < -0.4 is 10.1 Å². The van der Waals surface area contributed by atoms with Gasteiger partial charge in [0.25, 0.3) is 5.91 Å². The van der Waals surface area contributed by atoms with E-state index in [0.29, 0.717) is 29.0 Å². The van der Waals surface area contributed by atoms with Crippen molar-refractivity contribution in [3.05, 3.63) is 59.9 Å². The number of halogens is 2. The number of amides is 1. The zero-order valence-corrected chi connectivity index (χ0v) is 14.4. The molecular formula is C19H19F2N3O2. The largest absolute Gasteiger partial charge is 0.494 e. The van der Waals surface area contributed by atoms with Gasteiger partial charge in [0.1, 0.15) is 11.6 Å². The second kappa shape index (κ2) is 7.51. The maximum Gasteiger partial charge on any atom is 0.320 e. The first kappa shape index (κ1) is 17.8. The Morgan fingerprint density at radius 2 is 1.88 bits per heavy atom. The fourth-order valence-electron chi connectivity index (χ4n) is 2.79. The van der Waals surface area contributed by atoms with Gasteiger partial charge in [-0.1, -0.05) is 12.1 Å². The zero-order chi connectivity index (χ0) is 18.7. The van der Waals surface area contributed by atoms with Gasteiger partial charge in [-0.05, 0) is 50.2 Å².